The fourth-order valence-electron chi connectivity index (χ4n) is 1.26. The molecule has 0 aliphatic heterocycles. The molecule has 0 amide bonds. The highest BCUT2D eigenvalue weighted by atomic mass is 16.6. The van der Waals surface area contributed by atoms with Crippen LogP contribution in [0.1, 0.15) is 12.8 Å². The molecule has 1 aromatic rings. The molecule has 4 nitrogen and oxygen atoms in total. The molecule has 0 atom stereocenters. The van der Waals surface area contributed by atoms with Crippen LogP contribution in [-0.4, -0.2) is 32.9 Å². The van der Waals surface area contributed by atoms with E-state index in [4.69, 9.17) is 14.2 Å². The molecule has 94 valence electrons. The smallest absolute Gasteiger partial charge is 0.305 e. The van der Waals surface area contributed by atoms with Crippen molar-refractivity contribution in [1.29, 1.82) is 0 Å². The van der Waals surface area contributed by atoms with Gasteiger partial charge in [-0.1, -0.05) is 18.2 Å². The number of methoxy groups -OCH3 is 1. The summed E-state index contributed by atoms with van der Waals surface area (Å²) in [7, 11) is 1.61. The number of carbonyl (C=O) groups is 1. The van der Waals surface area contributed by atoms with Crippen LogP contribution in [0.2, 0.25) is 0 Å². The molecule has 0 bridgehead atoms. The second-order valence-electron chi connectivity index (χ2n) is 3.48. The summed E-state index contributed by atoms with van der Waals surface area (Å²) < 4.78 is 15.2. The Morgan fingerprint density at radius 2 is 1.88 bits per heavy atom. The fraction of sp³-hybridized carbons (Fsp3) is 0.462. The van der Waals surface area contributed by atoms with Crippen molar-refractivity contribution in [3.05, 3.63) is 30.3 Å². The first-order valence-corrected chi connectivity index (χ1v) is 5.65. The number of carbonyl (C=O) groups excluding carboxylic acids is 1. The number of para-hydroxylation sites is 1. The highest BCUT2D eigenvalue weighted by molar-refractivity contribution is 5.69. The molecule has 0 saturated carbocycles. The summed E-state index contributed by atoms with van der Waals surface area (Å²) in [5, 5.41) is 0. The minimum Gasteiger partial charge on any atom is -0.490 e. The van der Waals surface area contributed by atoms with Crippen LogP contribution in [0.4, 0.5) is 0 Å². The molecule has 4 heteroatoms. The topological polar surface area (TPSA) is 44.8 Å². The number of ether oxygens (including phenoxy) is 3. The second kappa shape index (κ2) is 8.58. The summed E-state index contributed by atoms with van der Waals surface area (Å²) in [5.41, 5.74) is 0. The third kappa shape index (κ3) is 6.58. The molecule has 0 fully saturated rings. The number of benzene rings is 1. The Kier molecular flexibility index (Phi) is 6.82. The lowest BCUT2D eigenvalue weighted by Gasteiger charge is -2.07. The maximum absolute atomic E-state index is 11.2. The molecule has 0 aromatic heterocycles. The van der Waals surface area contributed by atoms with Gasteiger partial charge in [-0.15, -0.1) is 0 Å². The van der Waals surface area contributed by atoms with Gasteiger partial charge in [-0.05, 0) is 18.6 Å². The van der Waals surface area contributed by atoms with Gasteiger partial charge >= 0.3 is 5.97 Å². The second-order valence-corrected chi connectivity index (χ2v) is 3.48. The normalized spacial score (nSPS) is 9.94. The third-order valence-corrected chi connectivity index (χ3v) is 2.09. The zero-order chi connectivity index (χ0) is 12.3. The summed E-state index contributed by atoms with van der Waals surface area (Å²) in [5.74, 6) is 0.571. The average Bonchev–Trinajstić information content (AvgIpc) is 2.36. The number of esters is 1. The van der Waals surface area contributed by atoms with E-state index in [-0.39, 0.29) is 12.6 Å². The van der Waals surface area contributed by atoms with Gasteiger partial charge in [-0.25, -0.2) is 0 Å². The van der Waals surface area contributed by atoms with E-state index < -0.39 is 0 Å². The molecule has 0 saturated heterocycles. The highest BCUT2D eigenvalue weighted by Crippen LogP contribution is 2.07. The third-order valence-electron chi connectivity index (χ3n) is 2.09. The van der Waals surface area contributed by atoms with E-state index in [1.807, 2.05) is 30.3 Å². The predicted molar refractivity (Wildman–Crippen MR) is 64.0 cm³/mol. The van der Waals surface area contributed by atoms with E-state index >= 15 is 0 Å². The quantitative estimate of drug-likeness (QED) is 0.513. The molecule has 17 heavy (non-hydrogen) atoms. The summed E-state index contributed by atoms with van der Waals surface area (Å²) >= 11 is 0. The standard InChI is InChI=1S/C13H18O4/c1-15-9-5-8-13(14)17-11-10-16-12-6-3-2-4-7-12/h2-4,6-7H,5,8-11H2,1H3. The van der Waals surface area contributed by atoms with Crippen molar-refractivity contribution >= 4 is 5.97 Å². The first-order chi connectivity index (χ1) is 8.33. The molecule has 0 aliphatic carbocycles. The van der Waals surface area contributed by atoms with Gasteiger partial charge in [0.25, 0.3) is 0 Å². The van der Waals surface area contributed by atoms with E-state index in [9.17, 15) is 4.79 Å². The Labute approximate surface area is 101 Å². The summed E-state index contributed by atoms with van der Waals surface area (Å²) in [6, 6.07) is 9.43. The Balaban J connectivity index is 2.02. The van der Waals surface area contributed by atoms with Gasteiger partial charge < -0.3 is 14.2 Å². The number of hydrogen-bond acceptors (Lipinski definition) is 4. The number of hydrogen-bond donors (Lipinski definition) is 0. The SMILES string of the molecule is COCCCC(=O)OCCOc1ccccc1. The van der Waals surface area contributed by atoms with Crippen LogP contribution >= 0.6 is 0 Å². The summed E-state index contributed by atoms with van der Waals surface area (Å²) in [6.07, 6.45) is 1.08. The lowest BCUT2D eigenvalue weighted by Crippen LogP contribution is -2.12. The minimum absolute atomic E-state index is 0.210. The van der Waals surface area contributed by atoms with Crippen molar-refractivity contribution < 1.29 is 19.0 Å². The van der Waals surface area contributed by atoms with Crippen LogP contribution in [0, 0.1) is 0 Å². The predicted octanol–water partition coefficient (Wildman–Crippen LogP) is 2.04. The maximum atomic E-state index is 11.2. The van der Waals surface area contributed by atoms with Crippen LogP contribution in [0.5, 0.6) is 5.75 Å². The Morgan fingerprint density at radius 1 is 1.12 bits per heavy atom. The van der Waals surface area contributed by atoms with Crippen molar-refractivity contribution in [1.82, 2.24) is 0 Å². The van der Waals surface area contributed by atoms with Crippen molar-refractivity contribution in [3.8, 4) is 5.75 Å². The van der Waals surface area contributed by atoms with Gasteiger partial charge in [0.15, 0.2) is 0 Å². The van der Waals surface area contributed by atoms with Crippen molar-refractivity contribution in [2.45, 2.75) is 12.8 Å². The highest BCUT2D eigenvalue weighted by Gasteiger charge is 2.02. The van der Waals surface area contributed by atoms with Crippen LogP contribution in [0.15, 0.2) is 30.3 Å². The largest absolute Gasteiger partial charge is 0.490 e. The first kappa shape index (κ1) is 13.5. The van der Waals surface area contributed by atoms with Gasteiger partial charge in [0.1, 0.15) is 19.0 Å². The van der Waals surface area contributed by atoms with E-state index in [2.05, 4.69) is 0 Å². The van der Waals surface area contributed by atoms with Gasteiger partial charge in [0.05, 0.1) is 0 Å². The number of rotatable bonds is 8. The van der Waals surface area contributed by atoms with E-state index in [1.54, 1.807) is 7.11 Å². The van der Waals surface area contributed by atoms with Gasteiger partial charge in [-0.2, -0.15) is 0 Å². The van der Waals surface area contributed by atoms with Crippen molar-refractivity contribution in [2.75, 3.05) is 26.9 Å². The van der Waals surface area contributed by atoms with Crippen LogP contribution < -0.4 is 4.74 Å². The summed E-state index contributed by atoms with van der Waals surface area (Å²) in [6.45, 7) is 1.23. The molecule has 0 N–H and O–H groups in total. The Bertz CT molecular complexity index is 310. The van der Waals surface area contributed by atoms with Crippen LogP contribution in [0.3, 0.4) is 0 Å². The molecular formula is C13H18O4. The van der Waals surface area contributed by atoms with E-state index in [0.29, 0.717) is 26.1 Å². The Hall–Kier alpha value is -1.55. The summed E-state index contributed by atoms with van der Waals surface area (Å²) in [4.78, 5) is 11.2. The molecule has 0 radical (unpaired) electrons. The first-order valence-electron chi connectivity index (χ1n) is 5.65. The molecule has 0 spiro atoms. The molecular weight excluding hydrogens is 220 g/mol. The van der Waals surface area contributed by atoms with E-state index in [0.717, 1.165) is 5.75 Å². The minimum atomic E-state index is -0.210. The molecule has 0 heterocycles. The van der Waals surface area contributed by atoms with Gasteiger partial charge in [0.2, 0.25) is 0 Å². The lowest BCUT2D eigenvalue weighted by molar-refractivity contribution is -0.144. The molecule has 0 unspecified atom stereocenters. The molecule has 0 aliphatic rings. The molecule has 1 rings (SSSR count). The fourth-order valence-corrected chi connectivity index (χ4v) is 1.26. The average molecular weight is 238 g/mol. The van der Waals surface area contributed by atoms with Crippen LogP contribution in [-0.2, 0) is 14.3 Å². The van der Waals surface area contributed by atoms with Gasteiger partial charge in [0, 0.05) is 20.1 Å². The molecule has 1 aromatic carbocycles. The maximum Gasteiger partial charge on any atom is 0.305 e. The van der Waals surface area contributed by atoms with Crippen molar-refractivity contribution in [2.24, 2.45) is 0 Å². The van der Waals surface area contributed by atoms with Crippen LogP contribution in [0.25, 0.3) is 0 Å². The Morgan fingerprint density at radius 3 is 2.59 bits per heavy atom. The lowest BCUT2D eigenvalue weighted by atomic mass is 10.3. The van der Waals surface area contributed by atoms with E-state index in [1.165, 1.54) is 0 Å². The monoisotopic (exact) mass is 238 g/mol. The zero-order valence-corrected chi connectivity index (χ0v) is 10.1. The van der Waals surface area contributed by atoms with Crippen molar-refractivity contribution in [3.63, 3.8) is 0 Å². The van der Waals surface area contributed by atoms with Gasteiger partial charge in [-0.3, -0.25) is 4.79 Å². The zero-order valence-electron chi connectivity index (χ0n) is 10.1.